The monoisotopic (exact) mass is 549 g/mol. The van der Waals surface area contributed by atoms with Gasteiger partial charge in [0.05, 0.1) is 5.02 Å². The summed E-state index contributed by atoms with van der Waals surface area (Å²) in [5.74, 6) is 0.414. The van der Waals surface area contributed by atoms with E-state index in [0.717, 1.165) is 21.0 Å². The van der Waals surface area contributed by atoms with Gasteiger partial charge in [0.15, 0.2) is 17.7 Å². The van der Waals surface area contributed by atoms with E-state index in [1.807, 2.05) is 24.5 Å². The van der Waals surface area contributed by atoms with E-state index in [1.165, 1.54) is 0 Å². The topological polar surface area (TPSA) is 45.0 Å². The van der Waals surface area contributed by atoms with Gasteiger partial charge in [-0.3, -0.25) is 0 Å². The van der Waals surface area contributed by atoms with Gasteiger partial charge in [0.2, 0.25) is 0 Å². The normalized spacial score (nSPS) is 17.9. The van der Waals surface area contributed by atoms with E-state index in [9.17, 15) is 5.11 Å². The second-order valence-electron chi connectivity index (χ2n) is 8.32. The minimum atomic E-state index is -2.46. The van der Waals surface area contributed by atoms with Crippen LogP contribution in [0.2, 0.25) is 10.0 Å². The van der Waals surface area contributed by atoms with Crippen molar-refractivity contribution in [1.82, 2.24) is 0 Å². The van der Waals surface area contributed by atoms with E-state index in [1.54, 1.807) is 30.0 Å². The fraction of sp³-hybridized carbons (Fsp3) is 0.103. The van der Waals surface area contributed by atoms with Crippen LogP contribution in [-0.4, -0.2) is 34.1 Å². The van der Waals surface area contributed by atoms with E-state index in [4.69, 9.17) is 33.2 Å². The van der Waals surface area contributed by atoms with Crippen LogP contribution in [0.3, 0.4) is 0 Å². The van der Waals surface area contributed by atoms with Crippen molar-refractivity contribution in [3.63, 3.8) is 0 Å². The van der Waals surface area contributed by atoms with Crippen LogP contribution in [0.5, 0.6) is 0 Å². The van der Waals surface area contributed by atoms with Crippen molar-refractivity contribution in [2.24, 2.45) is 9.98 Å². The van der Waals surface area contributed by atoms with Crippen LogP contribution in [-0.2, 0) is 0 Å². The molecule has 0 aromatic heterocycles. The second kappa shape index (κ2) is 10.9. The van der Waals surface area contributed by atoms with E-state index in [-0.39, 0.29) is 5.66 Å². The molecule has 5 rings (SSSR count). The number of nitrogens with zero attached hydrogens (tertiary/aromatic N) is 2. The van der Waals surface area contributed by atoms with Gasteiger partial charge in [0.25, 0.3) is 0 Å². The van der Waals surface area contributed by atoms with Crippen molar-refractivity contribution in [2.75, 3.05) is 6.26 Å². The van der Waals surface area contributed by atoms with Crippen LogP contribution in [0.4, 0.5) is 0 Å². The Morgan fingerprint density at radius 2 is 1.25 bits per heavy atom. The van der Waals surface area contributed by atoms with Crippen LogP contribution >= 0.6 is 42.2 Å². The lowest BCUT2D eigenvalue weighted by molar-refractivity contribution is 0.195. The van der Waals surface area contributed by atoms with Gasteiger partial charge in [-0.05, 0) is 60.9 Å². The summed E-state index contributed by atoms with van der Waals surface area (Å²) >= 11 is 14.2. The molecule has 1 heterocycles. The largest absolute Gasteiger partial charge is 0.368 e. The molecule has 0 amide bonds. The number of hydrogen-bond acceptors (Lipinski definition) is 4. The van der Waals surface area contributed by atoms with E-state index < -0.39 is 13.5 Å². The van der Waals surface area contributed by atoms with Crippen LogP contribution in [0.25, 0.3) is 0 Å². The number of rotatable bonds is 5. The molecule has 36 heavy (non-hydrogen) atoms. The third kappa shape index (κ3) is 4.53. The van der Waals surface area contributed by atoms with Crippen molar-refractivity contribution >= 4 is 69.0 Å². The predicted molar refractivity (Wildman–Crippen MR) is 159 cm³/mol. The number of aliphatic imine (C=N–C) groups is 2. The molecule has 180 valence electrons. The second-order valence-corrected chi connectivity index (χ2v) is 13.5. The predicted octanol–water partition coefficient (Wildman–Crippen LogP) is 6.20. The zero-order valence-electron chi connectivity index (χ0n) is 19.5. The highest BCUT2D eigenvalue weighted by Gasteiger charge is 2.58. The molecular formula is C29H24Cl2N2OPS+. The van der Waals surface area contributed by atoms with Gasteiger partial charge >= 0.3 is 0 Å². The Morgan fingerprint density at radius 3 is 1.69 bits per heavy atom. The Balaban J connectivity index is 1.78. The maximum absolute atomic E-state index is 11.8. The highest BCUT2D eigenvalue weighted by molar-refractivity contribution is 8.15. The molecule has 1 aliphatic heterocycles. The van der Waals surface area contributed by atoms with Gasteiger partial charge in [0, 0.05) is 10.6 Å². The van der Waals surface area contributed by atoms with Crippen molar-refractivity contribution in [2.45, 2.75) is 11.9 Å². The molecule has 0 bridgehead atoms. The maximum Gasteiger partial charge on any atom is 0.191 e. The first-order chi connectivity index (χ1) is 17.6. The molecule has 0 fully saturated rings. The van der Waals surface area contributed by atoms with E-state index >= 15 is 0 Å². The molecule has 1 N–H and O–H groups in total. The Bertz CT molecular complexity index is 1320. The Hall–Kier alpha value is -2.46. The van der Waals surface area contributed by atoms with Crippen LogP contribution in [0, 0.1) is 0 Å². The minimum Gasteiger partial charge on any atom is -0.368 e. The molecule has 0 unspecified atom stereocenters. The molecule has 0 radical (unpaired) electrons. The lowest BCUT2D eigenvalue weighted by Gasteiger charge is -2.37. The summed E-state index contributed by atoms with van der Waals surface area (Å²) in [7, 11) is -2.46. The molecule has 0 spiro atoms. The number of thioether (sulfide) groups is 1. The highest BCUT2D eigenvalue weighted by Crippen LogP contribution is 2.62. The molecule has 7 heteroatoms. The first kappa shape index (κ1) is 25.2. The number of halogens is 2. The fourth-order valence-electron chi connectivity index (χ4n) is 4.77. The molecule has 0 aliphatic carbocycles. The smallest absolute Gasteiger partial charge is 0.191 e. The maximum atomic E-state index is 11.8. The Kier molecular flexibility index (Phi) is 7.62. The van der Waals surface area contributed by atoms with Crippen molar-refractivity contribution < 1.29 is 5.11 Å². The number of amidine groups is 1. The summed E-state index contributed by atoms with van der Waals surface area (Å²) in [4.78, 5) is 9.74. The van der Waals surface area contributed by atoms with Crippen LogP contribution in [0.1, 0.15) is 5.56 Å². The van der Waals surface area contributed by atoms with E-state index in [0.29, 0.717) is 21.4 Å². The number of aliphatic hydroxyl groups excluding tert-OH is 1. The molecule has 1 aliphatic rings. The van der Waals surface area contributed by atoms with Crippen LogP contribution < -0.4 is 15.9 Å². The number of aliphatic hydroxyl groups is 1. The SMILES string of the molecule is CSC1=NC(c2ccc(Cl)cc2Cl)=N[C@@H](O)[C@@H]1[P+](c1ccccc1)(c1ccccc1)c1ccccc1. The molecule has 2 atom stereocenters. The third-order valence-corrected chi connectivity index (χ3v) is 12.5. The van der Waals surface area contributed by atoms with Gasteiger partial charge in [0.1, 0.15) is 28.2 Å². The van der Waals surface area contributed by atoms with E-state index in [2.05, 4.69) is 72.8 Å². The lowest BCUT2D eigenvalue weighted by Crippen LogP contribution is -2.48. The highest BCUT2D eigenvalue weighted by atomic mass is 35.5. The Labute approximate surface area is 226 Å². The standard InChI is InChI=1S/C29H24Cl2N2OPS/c1-36-29-26(28(34)32-27(33-29)24-18-17-20(30)19-25(24)31)35(21-11-5-2-6-12-21,22-13-7-3-8-14-22)23-15-9-4-10-16-23/h2-19,26,28,34H,1H3/q+1/t26-,28-/m0/s1. The lowest BCUT2D eigenvalue weighted by atomic mass is 10.2. The quantitative estimate of drug-likeness (QED) is 0.301. The number of hydrogen-bond donors (Lipinski definition) is 1. The first-order valence-corrected chi connectivity index (χ1v) is 15.3. The Morgan fingerprint density at radius 1 is 0.750 bits per heavy atom. The molecular weight excluding hydrogens is 526 g/mol. The van der Waals surface area contributed by atoms with Crippen LogP contribution in [0.15, 0.2) is 119 Å². The summed E-state index contributed by atoms with van der Waals surface area (Å²) < 4.78 is 0. The third-order valence-electron chi connectivity index (χ3n) is 6.29. The molecule has 4 aromatic carbocycles. The zero-order valence-corrected chi connectivity index (χ0v) is 22.7. The van der Waals surface area contributed by atoms with Crippen molar-refractivity contribution in [3.8, 4) is 0 Å². The van der Waals surface area contributed by atoms with Gasteiger partial charge < -0.3 is 5.11 Å². The van der Waals surface area contributed by atoms with Crippen molar-refractivity contribution in [1.29, 1.82) is 0 Å². The average molecular weight is 550 g/mol. The summed E-state index contributed by atoms with van der Waals surface area (Å²) in [5, 5.41) is 17.1. The molecule has 0 saturated carbocycles. The molecule has 3 nitrogen and oxygen atoms in total. The molecule has 0 saturated heterocycles. The minimum absolute atomic E-state index is 0.366. The summed E-state index contributed by atoms with van der Waals surface area (Å²) in [6.07, 6.45) is 0.973. The number of benzene rings is 4. The zero-order chi connectivity index (χ0) is 25.1. The van der Waals surface area contributed by atoms with Gasteiger partial charge in [-0.1, -0.05) is 77.8 Å². The fourth-order valence-corrected chi connectivity index (χ4v) is 11.2. The van der Waals surface area contributed by atoms with Gasteiger partial charge in [-0.25, -0.2) is 9.98 Å². The summed E-state index contributed by atoms with van der Waals surface area (Å²) in [6, 6.07) is 36.6. The summed E-state index contributed by atoms with van der Waals surface area (Å²) in [6.45, 7) is 0. The van der Waals surface area contributed by atoms with Gasteiger partial charge in [-0.15, -0.1) is 11.8 Å². The summed E-state index contributed by atoms with van der Waals surface area (Å²) in [5.41, 5.74) is 0.280. The van der Waals surface area contributed by atoms with Crippen molar-refractivity contribution in [3.05, 3.63) is 125 Å². The van der Waals surface area contributed by atoms with Gasteiger partial charge in [-0.2, -0.15) is 0 Å². The first-order valence-electron chi connectivity index (χ1n) is 11.4. The average Bonchev–Trinajstić information content (AvgIpc) is 2.91. The molecule has 4 aromatic rings.